The molecule has 2 heterocycles. The van der Waals surface area contributed by atoms with Crippen LogP contribution >= 0.6 is 12.2 Å². The van der Waals surface area contributed by atoms with Gasteiger partial charge in [-0.2, -0.15) is 0 Å². The predicted molar refractivity (Wildman–Crippen MR) is 144 cm³/mol. The number of nitrogens with one attached hydrogen (secondary N) is 3. The Morgan fingerprint density at radius 2 is 1.83 bits per heavy atom. The van der Waals surface area contributed by atoms with E-state index in [1.54, 1.807) is 0 Å². The van der Waals surface area contributed by atoms with Gasteiger partial charge in [-0.25, -0.2) is 4.98 Å². The van der Waals surface area contributed by atoms with Crippen LogP contribution in [0.1, 0.15) is 25.0 Å². The maximum Gasteiger partial charge on any atom is 0.245 e. The first-order valence-electron chi connectivity index (χ1n) is 12.0. The van der Waals surface area contributed by atoms with E-state index in [-0.39, 0.29) is 11.8 Å². The van der Waals surface area contributed by atoms with Crippen LogP contribution in [0.15, 0.2) is 61.2 Å². The number of carbonyl (C=O) groups is 2. The fourth-order valence-electron chi connectivity index (χ4n) is 3.94. The van der Waals surface area contributed by atoms with Crippen LogP contribution in [0, 0.1) is 6.92 Å². The van der Waals surface area contributed by atoms with E-state index in [1.807, 2.05) is 60.4 Å². The molecule has 3 rings (SSSR count). The molecule has 0 aliphatic carbocycles. The second kappa shape index (κ2) is 13.4. The molecule has 186 valence electrons. The van der Waals surface area contributed by atoms with E-state index >= 15 is 0 Å². The van der Waals surface area contributed by atoms with Crippen LogP contribution in [0.4, 0.5) is 11.5 Å². The second-order valence-electron chi connectivity index (χ2n) is 8.46. The van der Waals surface area contributed by atoms with Crippen LogP contribution in [0.3, 0.4) is 0 Å². The number of amides is 2. The number of thiocarbonyl (C=S) groups is 1. The van der Waals surface area contributed by atoms with E-state index < -0.39 is 6.04 Å². The molecule has 3 N–H and O–H groups in total. The summed E-state index contributed by atoms with van der Waals surface area (Å²) in [5, 5.41) is 9.56. The lowest BCUT2D eigenvalue weighted by atomic mass is 10.1. The van der Waals surface area contributed by atoms with E-state index in [0.717, 1.165) is 43.1 Å². The Kier molecular flexibility index (Phi) is 10.0. The van der Waals surface area contributed by atoms with Gasteiger partial charge in [-0.1, -0.05) is 30.8 Å². The van der Waals surface area contributed by atoms with Crippen molar-refractivity contribution in [2.75, 3.05) is 42.9 Å². The Labute approximate surface area is 212 Å². The van der Waals surface area contributed by atoms with Gasteiger partial charge in [0.2, 0.25) is 11.8 Å². The Morgan fingerprint density at radius 3 is 2.51 bits per heavy atom. The van der Waals surface area contributed by atoms with Crippen molar-refractivity contribution < 1.29 is 9.59 Å². The topological polar surface area (TPSA) is 89.6 Å². The number of anilines is 2. The molecule has 1 atom stereocenters. The zero-order chi connectivity index (χ0) is 25.0. The highest BCUT2D eigenvalue weighted by atomic mass is 32.1. The van der Waals surface area contributed by atoms with Crippen LogP contribution < -0.4 is 20.9 Å². The van der Waals surface area contributed by atoms with Gasteiger partial charge < -0.3 is 25.8 Å². The van der Waals surface area contributed by atoms with Crippen molar-refractivity contribution in [1.82, 2.24) is 20.5 Å². The molecule has 35 heavy (non-hydrogen) atoms. The number of nitrogens with zero attached hydrogens (tertiary/aromatic N) is 3. The number of unbranched alkanes of at least 4 members (excludes halogenated alkanes) is 1. The summed E-state index contributed by atoms with van der Waals surface area (Å²) >= 11 is 5.50. The van der Waals surface area contributed by atoms with Gasteiger partial charge >= 0.3 is 0 Å². The molecule has 2 amide bonds. The summed E-state index contributed by atoms with van der Waals surface area (Å²) in [6.45, 7) is 8.70. The van der Waals surface area contributed by atoms with Gasteiger partial charge in [-0.05, 0) is 68.7 Å². The molecule has 0 saturated carbocycles. The standard InChI is InChI=1S/C26H34N6O2S/c1-3-24(33)27-15-8-7-13-22(30-26(35)29-21-11-5-4-6-12-21)25(34)32-18-16-31(17-19-32)23-14-9-10-20(2)28-23/h3-6,9-12,14,22H,1,7-8,13,15-19H2,2H3,(H,27,33)(H2,29,30,35). The molecule has 0 radical (unpaired) electrons. The molecule has 1 aliphatic heterocycles. The van der Waals surface area contributed by atoms with Crippen LogP contribution in [0.5, 0.6) is 0 Å². The molecule has 9 heteroatoms. The maximum atomic E-state index is 13.5. The van der Waals surface area contributed by atoms with Gasteiger partial charge in [-0.15, -0.1) is 0 Å². The Balaban J connectivity index is 1.57. The number of pyridine rings is 1. The first-order valence-corrected chi connectivity index (χ1v) is 12.4. The van der Waals surface area contributed by atoms with E-state index in [4.69, 9.17) is 12.2 Å². The molecular formula is C26H34N6O2S. The van der Waals surface area contributed by atoms with Gasteiger partial charge in [0, 0.05) is 44.1 Å². The quantitative estimate of drug-likeness (QED) is 0.266. The van der Waals surface area contributed by atoms with Crippen molar-refractivity contribution in [3.63, 3.8) is 0 Å². The first kappa shape index (κ1) is 26.2. The fraction of sp³-hybridized carbons (Fsp3) is 0.385. The van der Waals surface area contributed by atoms with E-state index in [9.17, 15) is 9.59 Å². The van der Waals surface area contributed by atoms with Crippen molar-refractivity contribution in [2.24, 2.45) is 0 Å². The number of aryl methyl sites for hydroxylation is 1. The second-order valence-corrected chi connectivity index (χ2v) is 8.87. The van der Waals surface area contributed by atoms with Crippen molar-refractivity contribution in [1.29, 1.82) is 0 Å². The van der Waals surface area contributed by atoms with Gasteiger partial charge in [-0.3, -0.25) is 9.59 Å². The van der Waals surface area contributed by atoms with Crippen LogP contribution in [-0.2, 0) is 9.59 Å². The number of hydrogen-bond donors (Lipinski definition) is 3. The van der Waals surface area contributed by atoms with Gasteiger partial charge in [0.05, 0.1) is 0 Å². The van der Waals surface area contributed by atoms with Gasteiger partial charge in [0.1, 0.15) is 11.9 Å². The lowest BCUT2D eigenvalue weighted by Gasteiger charge is -2.37. The summed E-state index contributed by atoms with van der Waals surface area (Å²) in [4.78, 5) is 33.5. The number of aromatic nitrogens is 1. The summed E-state index contributed by atoms with van der Waals surface area (Å²) < 4.78 is 0. The first-order chi connectivity index (χ1) is 17.0. The molecule has 1 aliphatic rings. The highest BCUT2D eigenvalue weighted by Gasteiger charge is 2.28. The zero-order valence-corrected chi connectivity index (χ0v) is 21.0. The fourth-order valence-corrected chi connectivity index (χ4v) is 4.20. The average Bonchev–Trinajstić information content (AvgIpc) is 2.88. The molecule has 1 saturated heterocycles. The number of para-hydroxylation sites is 1. The number of piperazine rings is 1. The minimum atomic E-state index is -0.447. The largest absolute Gasteiger partial charge is 0.353 e. The number of rotatable bonds is 10. The lowest BCUT2D eigenvalue weighted by molar-refractivity contribution is -0.133. The minimum Gasteiger partial charge on any atom is -0.353 e. The van der Waals surface area contributed by atoms with Crippen LogP contribution in [0.2, 0.25) is 0 Å². The number of benzene rings is 1. The van der Waals surface area contributed by atoms with Crippen molar-refractivity contribution in [3.8, 4) is 0 Å². The zero-order valence-electron chi connectivity index (χ0n) is 20.2. The number of carbonyl (C=O) groups excluding carboxylic acids is 2. The molecule has 1 aromatic heterocycles. The van der Waals surface area contributed by atoms with E-state index in [0.29, 0.717) is 31.2 Å². The summed E-state index contributed by atoms with van der Waals surface area (Å²) in [5.74, 6) is 0.792. The van der Waals surface area contributed by atoms with Crippen molar-refractivity contribution in [3.05, 3.63) is 66.9 Å². The molecule has 1 aromatic carbocycles. The molecule has 0 bridgehead atoms. The SMILES string of the molecule is C=CC(=O)NCCCCC(NC(=S)Nc1ccccc1)C(=O)N1CCN(c2cccc(C)n2)CC1. The van der Waals surface area contributed by atoms with Gasteiger partial charge in [0.25, 0.3) is 0 Å². The number of hydrogen-bond acceptors (Lipinski definition) is 5. The monoisotopic (exact) mass is 494 g/mol. The maximum absolute atomic E-state index is 13.5. The van der Waals surface area contributed by atoms with Crippen molar-refractivity contribution >= 4 is 40.6 Å². The highest BCUT2D eigenvalue weighted by molar-refractivity contribution is 7.80. The lowest BCUT2D eigenvalue weighted by Crippen LogP contribution is -2.55. The molecule has 0 spiro atoms. The summed E-state index contributed by atoms with van der Waals surface area (Å²) in [6.07, 6.45) is 3.39. The predicted octanol–water partition coefficient (Wildman–Crippen LogP) is 2.87. The molecule has 1 fully saturated rings. The third kappa shape index (κ3) is 8.36. The minimum absolute atomic E-state index is 0.0363. The molecule has 2 aromatic rings. The molecule has 8 nitrogen and oxygen atoms in total. The highest BCUT2D eigenvalue weighted by Crippen LogP contribution is 2.16. The van der Waals surface area contributed by atoms with Crippen molar-refractivity contribution in [2.45, 2.75) is 32.2 Å². The van der Waals surface area contributed by atoms with E-state index in [1.165, 1.54) is 6.08 Å². The summed E-state index contributed by atoms with van der Waals surface area (Å²) in [5.41, 5.74) is 1.84. The summed E-state index contributed by atoms with van der Waals surface area (Å²) in [7, 11) is 0. The summed E-state index contributed by atoms with van der Waals surface area (Å²) in [6, 6.07) is 15.2. The Morgan fingerprint density at radius 1 is 1.09 bits per heavy atom. The van der Waals surface area contributed by atoms with Gasteiger partial charge in [0.15, 0.2) is 5.11 Å². The van der Waals surface area contributed by atoms with Crippen LogP contribution in [0.25, 0.3) is 0 Å². The Bertz CT molecular complexity index is 1010. The smallest absolute Gasteiger partial charge is 0.245 e. The Hall–Kier alpha value is -3.46. The van der Waals surface area contributed by atoms with Crippen LogP contribution in [-0.4, -0.2) is 65.6 Å². The average molecular weight is 495 g/mol. The third-order valence-corrected chi connectivity index (χ3v) is 6.05. The molecule has 1 unspecified atom stereocenters. The normalized spacial score (nSPS) is 14.1. The molecular weight excluding hydrogens is 460 g/mol. The third-order valence-electron chi connectivity index (χ3n) is 5.83. The van der Waals surface area contributed by atoms with E-state index in [2.05, 4.69) is 32.4 Å².